The van der Waals surface area contributed by atoms with Gasteiger partial charge in [0, 0.05) is 21.9 Å². The number of carbonyl (C=O) groups excluding carboxylic acids is 1. The number of aromatic hydroxyl groups is 1. The smallest absolute Gasteiger partial charge is 0.251 e. The first kappa shape index (κ1) is 18.1. The lowest BCUT2D eigenvalue weighted by Crippen LogP contribution is -2.23. The highest BCUT2D eigenvalue weighted by molar-refractivity contribution is 7.09. The molecule has 0 atom stereocenters. The van der Waals surface area contributed by atoms with E-state index in [1.807, 2.05) is 17.5 Å². The monoisotopic (exact) mass is 367 g/mol. The molecule has 1 aromatic carbocycles. The summed E-state index contributed by atoms with van der Waals surface area (Å²) in [5.41, 5.74) is 3.12. The Kier molecular flexibility index (Phi) is 5.04. The number of pyridine rings is 1. The standard InChI is InChI=1S/C20H21N3O2S/c1-20(2,3)17-12-26-18(23-17)11-22-19(25)14-6-4-5-13(9-14)16-8-7-15(24)10-21-16/h4-10,12,24H,11H2,1-3H3,(H,22,25). The summed E-state index contributed by atoms with van der Waals surface area (Å²) in [6.07, 6.45) is 1.39. The van der Waals surface area contributed by atoms with Crippen molar-refractivity contribution in [2.45, 2.75) is 32.7 Å². The summed E-state index contributed by atoms with van der Waals surface area (Å²) in [5.74, 6) is -0.0427. The lowest BCUT2D eigenvalue weighted by Gasteiger charge is -2.14. The Hall–Kier alpha value is -2.73. The average Bonchev–Trinajstić information content (AvgIpc) is 3.10. The highest BCUT2D eigenvalue weighted by Gasteiger charge is 2.17. The van der Waals surface area contributed by atoms with Crippen LogP contribution in [0.25, 0.3) is 11.3 Å². The van der Waals surface area contributed by atoms with Crippen molar-refractivity contribution in [1.29, 1.82) is 0 Å². The van der Waals surface area contributed by atoms with Gasteiger partial charge in [0.1, 0.15) is 10.8 Å². The number of amides is 1. The van der Waals surface area contributed by atoms with E-state index >= 15 is 0 Å². The van der Waals surface area contributed by atoms with Gasteiger partial charge in [0.25, 0.3) is 5.91 Å². The number of aromatic nitrogens is 2. The van der Waals surface area contributed by atoms with Crippen molar-refractivity contribution in [3.63, 3.8) is 0 Å². The zero-order valence-electron chi connectivity index (χ0n) is 15.0. The van der Waals surface area contributed by atoms with Gasteiger partial charge in [0.15, 0.2) is 0 Å². The fraction of sp³-hybridized carbons (Fsp3) is 0.250. The number of nitrogens with zero attached hydrogens (tertiary/aromatic N) is 2. The SMILES string of the molecule is CC(C)(C)c1csc(CNC(=O)c2cccc(-c3ccc(O)cn3)c2)n1. The number of thiazole rings is 1. The van der Waals surface area contributed by atoms with Crippen LogP contribution in [0.3, 0.4) is 0 Å². The predicted octanol–water partition coefficient (Wildman–Crippen LogP) is 4.14. The van der Waals surface area contributed by atoms with Gasteiger partial charge in [0.05, 0.1) is 24.1 Å². The van der Waals surface area contributed by atoms with Gasteiger partial charge in [-0.25, -0.2) is 4.98 Å². The first-order valence-electron chi connectivity index (χ1n) is 8.31. The fourth-order valence-corrected chi connectivity index (χ4v) is 3.33. The Morgan fingerprint density at radius 1 is 1.23 bits per heavy atom. The molecule has 3 rings (SSSR count). The van der Waals surface area contributed by atoms with Gasteiger partial charge < -0.3 is 10.4 Å². The maximum absolute atomic E-state index is 12.5. The number of benzene rings is 1. The number of rotatable bonds is 4. The molecule has 0 bridgehead atoms. The number of hydrogen-bond acceptors (Lipinski definition) is 5. The molecule has 0 aliphatic heterocycles. The molecule has 0 radical (unpaired) electrons. The quantitative estimate of drug-likeness (QED) is 0.727. The minimum atomic E-state index is -0.155. The van der Waals surface area contributed by atoms with Crippen molar-refractivity contribution in [2.24, 2.45) is 0 Å². The summed E-state index contributed by atoms with van der Waals surface area (Å²) in [6.45, 7) is 6.76. The minimum absolute atomic E-state index is 0.00417. The first-order chi connectivity index (χ1) is 12.3. The molecule has 5 nitrogen and oxygen atoms in total. The molecule has 0 fully saturated rings. The average molecular weight is 367 g/mol. The van der Waals surface area contributed by atoms with Crippen LogP contribution in [-0.4, -0.2) is 21.0 Å². The summed E-state index contributed by atoms with van der Waals surface area (Å²) < 4.78 is 0. The van der Waals surface area contributed by atoms with E-state index in [0.29, 0.717) is 17.8 Å². The van der Waals surface area contributed by atoms with Gasteiger partial charge in [-0.15, -0.1) is 11.3 Å². The molecule has 2 aromatic heterocycles. The largest absolute Gasteiger partial charge is 0.506 e. The van der Waals surface area contributed by atoms with Gasteiger partial charge in [-0.05, 0) is 24.3 Å². The first-order valence-corrected chi connectivity index (χ1v) is 9.19. The van der Waals surface area contributed by atoms with Crippen molar-refractivity contribution in [1.82, 2.24) is 15.3 Å². The molecule has 0 aliphatic carbocycles. The van der Waals surface area contributed by atoms with Gasteiger partial charge in [-0.2, -0.15) is 0 Å². The molecule has 0 spiro atoms. The van der Waals surface area contributed by atoms with E-state index in [9.17, 15) is 9.90 Å². The Balaban J connectivity index is 1.69. The van der Waals surface area contributed by atoms with E-state index in [-0.39, 0.29) is 17.1 Å². The molecular weight excluding hydrogens is 346 g/mol. The minimum Gasteiger partial charge on any atom is -0.506 e. The lowest BCUT2D eigenvalue weighted by molar-refractivity contribution is 0.0951. The van der Waals surface area contributed by atoms with Crippen LogP contribution in [-0.2, 0) is 12.0 Å². The van der Waals surface area contributed by atoms with Crippen LogP contribution in [0.15, 0.2) is 48.0 Å². The number of nitrogens with one attached hydrogen (secondary N) is 1. The van der Waals surface area contributed by atoms with Crippen LogP contribution in [0, 0.1) is 0 Å². The summed E-state index contributed by atoms with van der Waals surface area (Å²) in [7, 11) is 0. The van der Waals surface area contributed by atoms with Gasteiger partial charge >= 0.3 is 0 Å². The van der Waals surface area contributed by atoms with E-state index in [2.05, 4.69) is 36.1 Å². The van der Waals surface area contributed by atoms with Crippen molar-refractivity contribution >= 4 is 17.2 Å². The van der Waals surface area contributed by atoms with E-state index in [1.165, 1.54) is 6.20 Å². The molecule has 134 valence electrons. The van der Waals surface area contributed by atoms with Crippen LogP contribution < -0.4 is 5.32 Å². The van der Waals surface area contributed by atoms with Crippen molar-refractivity contribution in [3.8, 4) is 17.0 Å². The summed E-state index contributed by atoms with van der Waals surface area (Å²) >= 11 is 1.56. The molecule has 26 heavy (non-hydrogen) atoms. The third kappa shape index (κ3) is 4.26. The highest BCUT2D eigenvalue weighted by atomic mass is 32.1. The topological polar surface area (TPSA) is 75.1 Å². The van der Waals surface area contributed by atoms with Crippen molar-refractivity contribution in [2.75, 3.05) is 0 Å². The molecule has 3 aromatic rings. The molecule has 1 amide bonds. The number of hydrogen-bond donors (Lipinski definition) is 2. The molecule has 2 heterocycles. The molecule has 2 N–H and O–H groups in total. The van der Waals surface area contributed by atoms with Crippen LogP contribution in [0.4, 0.5) is 0 Å². The third-order valence-corrected chi connectivity index (χ3v) is 4.74. The zero-order chi connectivity index (χ0) is 18.7. The van der Waals surface area contributed by atoms with E-state index in [0.717, 1.165) is 16.3 Å². The molecule has 0 saturated carbocycles. The van der Waals surface area contributed by atoms with E-state index in [1.54, 1.807) is 35.6 Å². The summed E-state index contributed by atoms with van der Waals surface area (Å²) in [5, 5.41) is 15.2. The second-order valence-corrected chi connectivity index (χ2v) is 7.98. The summed E-state index contributed by atoms with van der Waals surface area (Å²) in [4.78, 5) is 21.2. The second kappa shape index (κ2) is 7.25. The third-order valence-electron chi connectivity index (χ3n) is 3.89. The van der Waals surface area contributed by atoms with Crippen LogP contribution >= 0.6 is 11.3 Å². The summed E-state index contributed by atoms with van der Waals surface area (Å²) in [6, 6.07) is 10.5. The van der Waals surface area contributed by atoms with Crippen molar-refractivity contribution < 1.29 is 9.90 Å². The second-order valence-electron chi connectivity index (χ2n) is 7.04. The zero-order valence-corrected chi connectivity index (χ0v) is 15.8. The Labute approximate surface area is 156 Å². The fourth-order valence-electron chi connectivity index (χ4n) is 2.37. The van der Waals surface area contributed by atoms with Crippen LogP contribution in [0.1, 0.15) is 41.8 Å². The molecular formula is C20H21N3O2S. The maximum Gasteiger partial charge on any atom is 0.251 e. The van der Waals surface area contributed by atoms with Crippen LogP contribution in [0.2, 0.25) is 0 Å². The highest BCUT2D eigenvalue weighted by Crippen LogP contribution is 2.24. The van der Waals surface area contributed by atoms with E-state index < -0.39 is 0 Å². The van der Waals surface area contributed by atoms with Gasteiger partial charge in [-0.1, -0.05) is 32.9 Å². The predicted molar refractivity (Wildman–Crippen MR) is 103 cm³/mol. The Morgan fingerprint density at radius 3 is 2.69 bits per heavy atom. The molecule has 6 heteroatoms. The van der Waals surface area contributed by atoms with Crippen molar-refractivity contribution in [3.05, 3.63) is 64.2 Å². The molecule has 0 saturated heterocycles. The normalized spacial score (nSPS) is 11.3. The lowest BCUT2D eigenvalue weighted by atomic mass is 9.93. The molecule has 0 aliphatic rings. The maximum atomic E-state index is 12.5. The van der Waals surface area contributed by atoms with Gasteiger partial charge in [-0.3, -0.25) is 9.78 Å². The Bertz CT molecular complexity index is 911. The number of carbonyl (C=O) groups is 1. The molecule has 0 unspecified atom stereocenters. The van der Waals surface area contributed by atoms with Crippen LogP contribution in [0.5, 0.6) is 5.75 Å². The van der Waals surface area contributed by atoms with Gasteiger partial charge in [0.2, 0.25) is 0 Å². The van der Waals surface area contributed by atoms with E-state index in [4.69, 9.17) is 0 Å². The Morgan fingerprint density at radius 2 is 2.04 bits per heavy atom.